The van der Waals surface area contributed by atoms with Crippen LogP contribution in [0.5, 0.6) is 11.6 Å². The summed E-state index contributed by atoms with van der Waals surface area (Å²) in [5.74, 6) is 1.03. The molecule has 2 fully saturated rings. The Morgan fingerprint density at radius 3 is 2.56 bits per heavy atom. The quantitative estimate of drug-likeness (QED) is 0.433. The van der Waals surface area contributed by atoms with Crippen LogP contribution in [0, 0.1) is 11.7 Å². The summed E-state index contributed by atoms with van der Waals surface area (Å²) in [7, 11) is 0. The van der Waals surface area contributed by atoms with Gasteiger partial charge in [0.25, 0.3) is 0 Å². The molecule has 3 aromatic rings. The zero-order valence-electron chi connectivity index (χ0n) is 19.5. The Kier molecular flexibility index (Phi) is 6.63. The summed E-state index contributed by atoms with van der Waals surface area (Å²) in [4.78, 5) is 15.2. The van der Waals surface area contributed by atoms with Crippen molar-refractivity contribution in [1.82, 2.24) is 14.7 Å². The topological polar surface area (TPSA) is 56.6 Å². The molecular formula is C27H30FN3O3. The van der Waals surface area contributed by atoms with E-state index in [1.54, 1.807) is 16.8 Å². The molecule has 1 atom stereocenters. The van der Waals surface area contributed by atoms with Crippen molar-refractivity contribution >= 4 is 5.91 Å². The lowest BCUT2D eigenvalue weighted by Crippen LogP contribution is -2.38. The molecule has 1 aliphatic heterocycles. The molecule has 1 saturated carbocycles. The fourth-order valence-corrected chi connectivity index (χ4v) is 4.43. The molecule has 2 aromatic carbocycles. The standard InChI is InChI=1S/C27H30FN3O3/c1-2-25-24(18-30(26(32)19-10-11-19)17-23-9-6-16-33-23)27(34-22-14-12-20(28)13-15-22)31(29-25)21-7-4-3-5-8-21/h3-5,7-8,12-15,19,23H,2,6,9-11,16-18H2,1H3. The molecule has 0 spiro atoms. The highest BCUT2D eigenvalue weighted by Gasteiger charge is 2.36. The van der Waals surface area contributed by atoms with Crippen molar-refractivity contribution in [1.29, 1.82) is 0 Å². The fourth-order valence-electron chi connectivity index (χ4n) is 4.43. The van der Waals surface area contributed by atoms with Gasteiger partial charge in [0, 0.05) is 19.1 Å². The maximum absolute atomic E-state index is 13.5. The van der Waals surface area contributed by atoms with Gasteiger partial charge in [-0.25, -0.2) is 9.07 Å². The number of rotatable bonds is 9. The second-order valence-electron chi connectivity index (χ2n) is 9.02. The van der Waals surface area contributed by atoms with E-state index in [0.717, 1.165) is 49.2 Å². The number of carbonyl (C=O) groups is 1. The Bertz CT molecular complexity index is 1120. The molecule has 178 valence electrons. The van der Waals surface area contributed by atoms with Crippen molar-refractivity contribution in [2.45, 2.75) is 51.7 Å². The van der Waals surface area contributed by atoms with E-state index in [9.17, 15) is 9.18 Å². The molecule has 1 aromatic heterocycles. The third-order valence-electron chi connectivity index (χ3n) is 6.42. The van der Waals surface area contributed by atoms with Crippen LogP contribution in [0.4, 0.5) is 4.39 Å². The van der Waals surface area contributed by atoms with Crippen LogP contribution in [0.15, 0.2) is 54.6 Å². The smallest absolute Gasteiger partial charge is 0.227 e. The highest BCUT2D eigenvalue weighted by atomic mass is 19.1. The number of ether oxygens (including phenoxy) is 2. The SMILES string of the molecule is CCc1nn(-c2ccccc2)c(Oc2ccc(F)cc2)c1CN(CC1CCCO1)C(=O)C1CC1. The number of hydrogen-bond acceptors (Lipinski definition) is 4. The van der Waals surface area contributed by atoms with E-state index in [4.69, 9.17) is 14.6 Å². The Balaban J connectivity index is 1.53. The first-order valence-electron chi connectivity index (χ1n) is 12.1. The van der Waals surface area contributed by atoms with Gasteiger partial charge in [-0.1, -0.05) is 25.1 Å². The van der Waals surface area contributed by atoms with Crippen LogP contribution in [-0.4, -0.2) is 39.8 Å². The number of hydrogen-bond donors (Lipinski definition) is 0. The summed E-state index contributed by atoms with van der Waals surface area (Å²) in [6, 6.07) is 15.7. The molecule has 2 aliphatic rings. The second kappa shape index (κ2) is 9.97. The van der Waals surface area contributed by atoms with Crippen molar-refractivity contribution in [3.05, 3.63) is 71.7 Å². The molecule has 7 heteroatoms. The maximum Gasteiger partial charge on any atom is 0.227 e. The summed E-state index contributed by atoms with van der Waals surface area (Å²) in [5, 5.41) is 4.87. The van der Waals surface area contributed by atoms with Crippen LogP contribution in [0.25, 0.3) is 5.69 Å². The lowest BCUT2D eigenvalue weighted by molar-refractivity contribution is -0.134. The van der Waals surface area contributed by atoms with Crippen LogP contribution >= 0.6 is 0 Å². The third kappa shape index (κ3) is 4.99. The van der Waals surface area contributed by atoms with Crippen LogP contribution in [0.2, 0.25) is 0 Å². The first-order valence-corrected chi connectivity index (χ1v) is 12.1. The molecule has 0 N–H and O–H groups in total. The number of aromatic nitrogens is 2. The van der Waals surface area contributed by atoms with Gasteiger partial charge in [-0.15, -0.1) is 0 Å². The van der Waals surface area contributed by atoms with Crippen molar-refractivity contribution in [3.8, 4) is 17.3 Å². The third-order valence-corrected chi connectivity index (χ3v) is 6.42. The highest BCUT2D eigenvalue weighted by molar-refractivity contribution is 5.81. The normalized spacial score (nSPS) is 17.6. The minimum atomic E-state index is -0.323. The highest BCUT2D eigenvalue weighted by Crippen LogP contribution is 2.35. The Labute approximate surface area is 199 Å². The predicted octanol–water partition coefficient (Wildman–Crippen LogP) is 5.28. The van der Waals surface area contributed by atoms with E-state index in [-0.39, 0.29) is 23.7 Å². The van der Waals surface area contributed by atoms with E-state index in [0.29, 0.717) is 31.1 Å². The largest absolute Gasteiger partial charge is 0.439 e. The number of benzene rings is 2. The molecule has 1 aliphatic carbocycles. The summed E-state index contributed by atoms with van der Waals surface area (Å²) in [6.07, 6.45) is 4.66. The lowest BCUT2D eigenvalue weighted by Gasteiger charge is -2.26. The van der Waals surface area contributed by atoms with Crippen LogP contribution < -0.4 is 4.74 Å². The zero-order valence-corrected chi connectivity index (χ0v) is 19.5. The molecule has 34 heavy (non-hydrogen) atoms. The molecule has 1 amide bonds. The summed E-state index contributed by atoms with van der Waals surface area (Å²) >= 11 is 0. The van der Waals surface area contributed by atoms with E-state index >= 15 is 0 Å². The number of para-hydroxylation sites is 1. The van der Waals surface area contributed by atoms with Gasteiger partial charge in [-0.05, 0) is 68.5 Å². The molecular weight excluding hydrogens is 433 g/mol. The van der Waals surface area contributed by atoms with Gasteiger partial charge < -0.3 is 14.4 Å². The Morgan fingerprint density at radius 1 is 1.15 bits per heavy atom. The number of halogens is 1. The van der Waals surface area contributed by atoms with Gasteiger partial charge in [0.15, 0.2) is 0 Å². The maximum atomic E-state index is 13.5. The summed E-state index contributed by atoms with van der Waals surface area (Å²) in [6.45, 7) is 3.78. The van der Waals surface area contributed by atoms with Crippen LogP contribution in [-0.2, 0) is 22.5 Å². The van der Waals surface area contributed by atoms with Crippen molar-refractivity contribution < 1.29 is 18.7 Å². The van der Waals surface area contributed by atoms with Crippen molar-refractivity contribution in [2.75, 3.05) is 13.2 Å². The Hall–Kier alpha value is -3.19. The number of nitrogens with zero attached hydrogens (tertiary/aromatic N) is 3. The molecule has 0 radical (unpaired) electrons. The van der Waals surface area contributed by atoms with E-state index in [1.165, 1.54) is 12.1 Å². The second-order valence-corrected chi connectivity index (χ2v) is 9.02. The van der Waals surface area contributed by atoms with Gasteiger partial charge in [-0.2, -0.15) is 5.10 Å². The average molecular weight is 464 g/mol. The molecule has 6 nitrogen and oxygen atoms in total. The van der Waals surface area contributed by atoms with Gasteiger partial charge in [0.2, 0.25) is 11.8 Å². The number of carbonyl (C=O) groups excluding carboxylic acids is 1. The predicted molar refractivity (Wildman–Crippen MR) is 127 cm³/mol. The molecule has 1 saturated heterocycles. The molecule has 0 bridgehead atoms. The zero-order chi connectivity index (χ0) is 23.5. The number of amides is 1. The molecule has 2 heterocycles. The first kappa shape index (κ1) is 22.6. The van der Waals surface area contributed by atoms with Gasteiger partial charge >= 0.3 is 0 Å². The summed E-state index contributed by atoms with van der Waals surface area (Å²) < 4.78 is 27.5. The molecule has 1 unspecified atom stereocenters. The average Bonchev–Trinajstić information content (AvgIpc) is 3.49. The monoisotopic (exact) mass is 463 g/mol. The van der Waals surface area contributed by atoms with Gasteiger partial charge in [0.05, 0.1) is 29.6 Å². The Morgan fingerprint density at radius 2 is 1.91 bits per heavy atom. The van der Waals surface area contributed by atoms with Crippen molar-refractivity contribution in [3.63, 3.8) is 0 Å². The molecule has 5 rings (SSSR count). The lowest BCUT2D eigenvalue weighted by atomic mass is 10.1. The van der Waals surface area contributed by atoms with Crippen LogP contribution in [0.1, 0.15) is 43.9 Å². The van der Waals surface area contributed by atoms with Gasteiger partial charge in [-0.3, -0.25) is 4.79 Å². The van der Waals surface area contributed by atoms with Crippen LogP contribution in [0.3, 0.4) is 0 Å². The number of aryl methyl sites for hydroxylation is 1. The van der Waals surface area contributed by atoms with E-state index < -0.39 is 0 Å². The summed E-state index contributed by atoms with van der Waals surface area (Å²) in [5.41, 5.74) is 2.62. The first-order chi connectivity index (χ1) is 16.6. The minimum Gasteiger partial charge on any atom is -0.439 e. The minimum absolute atomic E-state index is 0.0680. The van der Waals surface area contributed by atoms with Crippen molar-refractivity contribution in [2.24, 2.45) is 5.92 Å². The van der Waals surface area contributed by atoms with Gasteiger partial charge in [0.1, 0.15) is 11.6 Å². The fraction of sp³-hybridized carbons (Fsp3) is 0.407. The van der Waals surface area contributed by atoms with E-state index in [2.05, 4.69) is 6.92 Å². The van der Waals surface area contributed by atoms with E-state index in [1.807, 2.05) is 35.2 Å².